The molecule has 29 heavy (non-hydrogen) atoms. The van der Waals surface area contributed by atoms with E-state index in [9.17, 15) is 26.3 Å². The van der Waals surface area contributed by atoms with Gasteiger partial charge in [0.2, 0.25) is 11.8 Å². The molecule has 0 aliphatic carbocycles. The average Bonchev–Trinajstić information content (AvgIpc) is 3.09. The van der Waals surface area contributed by atoms with Gasteiger partial charge in [-0.15, -0.1) is 5.10 Å². The fourth-order valence-electron chi connectivity index (χ4n) is 2.34. The Bertz CT molecular complexity index is 1040. The van der Waals surface area contributed by atoms with Crippen LogP contribution in [0.5, 0.6) is 23.3 Å². The summed E-state index contributed by atoms with van der Waals surface area (Å²) in [6.45, 7) is 0. The van der Waals surface area contributed by atoms with Gasteiger partial charge in [0.1, 0.15) is 17.2 Å². The van der Waals surface area contributed by atoms with Crippen LogP contribution in [-0.2, 0) is 26.4 Å². The SMILES string of the molecule is Cn1nc(C(F)(F)F)cc1Oc1cc(I)cc(Oc2cc(C(F)(F)F)n(C)n2)c1. The van der Waals surface area contributed by atoms with Gasteiger partial charge >= 0.3 is 12.4 Å². The van der Waals surface area contributed by atoms with Crippen molar-refractivity contribution in [3.63, 3.8) is 0 Å². The van der Waals surface area contributed by atoms with E-state index in [2.05, 4.69) is 10.2 Å². The number of aromatic nitrogens is 4. The van der Waals surface area contributed by atoms with E-state index < -0.39 is 23.7 Å². The standard InChI is InChI=1S/C16H11F6IN4O2/c1-26-12(16(20,21)22)7-13(25-26)28-9-3-8(23)4-10(5-9)29-14-6-11(15(17,18)19)24-27(14)2/h3-7H,1-2H3. The van der Waals surface area contributed by atoms with Crippen molar-refractivity contribution in [1.82, 2.24) is 19.6 Å². The maximum absolute atomic E-state index is 12.9. The van der Waals surface area contributed by atoms with E-state index in [1.807, 2.05) is 22.6 Å². The van der Waals surface area contributed by atoms with Crippen LogP contribution in [0.25, 0.3) is 0 Å². The predicted molar refractivity (Wildman–Crippen MR) is 95.7 cm³/mol. The van der Waals surface area contributed by atoms with Gasteiger partial charge in [-0.3, -0.25) is 4.68 Å². The molecule has 0 bridgehead atoms. The molecule has 2 aromatic heterocycles. The Morgan fingerprint density at radius 2 is 1.41 bits per heavy atom. The van der Waals surface area contributed by atoms with Gasteiger partial charge < -0.3 is 9.47 Å². The molecule has 0 aliphatic rings. The lowest BCUT2D eigenvalue weighted by Crippen LogP contribution is -2.11. The van der Waals surface area contributed by atoms with Crippen molar-refractivity contribution in [1.29, 1.82) is 0 Å². The topological polar surface area (TPSA) is 54.1 Å². The van der Waals surface area contributed by atoms with Gasteiger partial charge in [0.15, 0.2) is 5.69 Å². The zero-order valence-corrected chi connectivity index (χ0v) is 16.8. The molecular weight excluding hydrogens is 521 g/mol. The van der Waals surface area contributed by atoms with Gasteiger partial charge in [-0.1, -0.05) is 0 Å². The van der Waals surface area contributed by atoms with E-state index in [-0.39, 0.29) is 23.3 Å². The molecule has 13 heteroatoms. The van der Waals surface area contributed by atoms with Crippen molar-refractivity contribution in [2.75, 3.05) is 0 Å². The number of rotatable bonds is 4. The second kappa shape index (κ2) is 7.42. The molecule has 0 unspecified atom stereocenters. The highest BCUT2D eigenvalue weighted by Gasteiger charge is 2.36. The molecule has 0 atom stereocenters. The summed E-state index contributed by atoms with van der Waals surface area (Å²) < 4.78 is 89.8. The molecule has 3 rings (SSSR count). The molecule has 1 aromatic carbocycles. The second-order valence-corrected chi connectivity index (χ2v) is 7.05. The van der Waals surface area contributed by atoms with E-state index in [0.717, 1.165) is 23.9 Å². The minimum absolute atomic E-state index is 0.0944. The van der Waals surface area contributed by atoms with Gasteiger partial charge in [0.25, 0.3) is 0 Å². The van der Waals surface area contributed by atoms with Gasteiger partial charge in [0, 0.05) is 35.9 Å². The van der Waals surface area contributed by atoms with Crippen molar-refractivity contribution in [3.8, 4) is 23.3 Å². The molecule has 2 heterocycles. The van der Waals surface area contributed by atoms with Crippen LogP contribution in [0.1, 0.15) is 11.4 Å². The number of hydrogen-bond acceptors (Lipinski definition) is 4. The van der Waals surface area contributed by atoms with E-state index in [1.54, 1.807) is 0 Å². The second-order valence-electron chi connectivity index (χ2n) is 5.81. The highest BCUT2D eigenvalue weighted by molar-refractivity contribution is 14.1. The predicted octanol–water partition coefficient (Wildman–Crippen LogP) is 5.38. The van der Waals surface area contributed by atoms with Crippen LogP contribution in [0.3, 0.4) is 0 Å². The first kappa shape index (κ1) is 21.3. The lowest BCUT2D eigenvalue weighted by atomic mass is 10.3. The van der Waals surface area contributed by atoms with Crippen LogP contribution < -0.4 is 9.47 Å². The van der Waals surface area contributed by atoms with E-state index in [4.69, 9.17) is 9.47 Å². The number of aryl methyl sites for hydroxylation is 2. The molecule has 0 radical (unpaired) electrons. The number of benzene rings is 1. The van der Waals surface area contributed by atoms with Crippen molar-refractivity contribution < 1.29 is 35.8 Å². The van der Waals surface area contributed by atoms with Gasteiger partial charge in [-0.25, -0.2) is 4.68 Å². The number of alkyl halides is 6. The zero-order chi connectivity index (χ0) is 21.6. The zero-order valence-electron chi connectivity index (χ0n) is 14.6. The molecule has 0 spiro atoms. The highest BCUT2D eigenvalue weighted by atomic mass is 127. The van der Waals surface area contributed by atoms with Crippen LogP contribution in [0.2, 0.25) is 0 Å². The summed E-state index contributed by atoms with van der Waals surface area (Å²) in [5, 5.41) is 6.99. The molecule has 0 N–H and O–H groups in total. The number of halogens is 7. The Kier molecular flexibility index (Phi) is 5.44. The van der Waals surface area contributed by atoms with Crippen LogP contribution in [-0.4, -0.2) is 19.6 Å². The summed E-state index contributed by atoms with van der Waals surface area (Å²) >= 11 is 1.90. The van der Waals surface area contributed by atoms with Crippen molar-refractivity contribution >= 4 is 22.6 Å². The summed E-state index contributed by atoms with van der Waals surface area (Å²) in [5.41, 5.74) is -2.12. The monoisotopic (exact) mass is 532 g/mol. The quantitative estimate of drug-likeness (QED) is 0.335. The maximum Gasteiger partial charge on any atom is 0.435 e. The molecule has 6 nitrogen and oxygen atoms in total. The largest absolute Gasteiger partial charge is 0.439 e. The first-order valence-electron chi connectivity index (χ1n) is 7.71. The molecule has 0 saturated heterocycles. The number of ether oxygens (including phenoxy) is 2. The summed E-state index contributed by atoms with van der Waals surface area (Å²) in [7, 11) is 2.40. The first-order valence-corrected chi connectivity index (χ1v) is 8.79. The normalized spacial score (nSPS) is 12.3. The molecule has 0 fully saturated rings. The minimum atomic E-state index is -4.63. The van der Waals surface area contributed by atoms with Gasteiger partial charge in [0.05, 0.1) is 0 Å². The third kappa shape index (κ3) is 4.94. The van der Waals surface area contributed by atoms with Crippen LogP contribution >= 0.6 is 22.6 Å². The number of hydrogen-bond donors (Lipinski definition) is 0. The number of nitrogens with zero attached hydrogens (tertiary/aromatic N) is 4. The van der Waals surface area contributed by atoms with Crippen LogP contribution in [0.4, 0.5) is 26.3 Å². The van der Waals surface area contributed by atoms with Crippen LogP contribution in [0.15, 0.2) is 30.3 Å². The van der Waals surface area contributed by atoms with E-state index in [0.29, 0.717) is 8.25 Å². The van der Waals surface area contributed by atoms with E-state index in [1.165, 1.54) is 25.2 Å². The van der Waals surface area contributed by atoms with Crippen molar-refractivity contribution in [2.45, 2.75) is 12.4 Å². The fraction of sp³-hybridized carbons (Fsp3) is 0.250. The minimum Gasteiger partial charge on any atom is -0.439 e. The summed E-state index contributed by atoms with van der Waals surface area (Å²) in [4.78, 5) is 0. The lowest BCUT2D eigenvalue weighted by Gasteiger charge is -2.09. The third-order valence-electron chi connectivity index (χ3n) is 3.56. The van der Waals surface area contributed by atoms with Crippen molar-refractivity contribution in [2.24, 2.45) is 14.1 Å². The highest BCUT2D eigenvalue weighted by Crippen LogP contribution is 2.35. The maximum atomic E-state index is 12.9. The Morgan fingerprint density at radius 1 is 0.793 bits per heavy atom. The molecule has 0 amide bonds. The Balaban J connectivity index is 1.85. The van der Waals surface area contributed by atoms with Crippen LogP contribution in [0, 0.1) is 3.57 Å². The summed E-state index contributed by atoms with van der Waals surface area (Å²) in [6, 6.07) is 5.78. The fourth-order valence-corrected chi connectivity index (χ4v) is 2.95. The molecule has 0 aliphatic heterocycles. The van der Waals surface area contributed by atoms with E-state index >= 15 is 0 Å². The molecular formula is C16H11F6IN4O2. The molecule has 156 valence electrons. The third-order valence-corrected chi connectivity index (χ3v) is 4.19. The smallest absolute Gasteiger partial charge is 0.435 e. The van der Waals surface area contributed by atoms with Gasteiger partial charge in [-0.2, -0.15) is 31.4 Å². The lowest BCUT2D eigenvalue weighted by molar-refractivity contribution is -0.143. The van der Waals surface area contributed by atoms with Gasteiger partial charge in [-0.05, 0) is 34.7 Å². The van der Waals surface area contributed by atoms with Crippen molar-refractivity contribution in [3.05, 3.63) is 45.3 Å². The molecule has 0 saturated carbocycles. The molecule has 3 aromatic rings. The Hall–Kier alpha value is -2.45. The Labute approximate surface area is 173 Å². The average molecular weight is 532 g/mol. The Morgan fingerprint density at radius 3 is 1.93 bits per heavy atom. The first-order chi connectivity index (χ1) is 13.3. The summed E-state index contributed by atoms with van der Waals surface area (Å²) in [6.07, 6.45) is -9.23. The summed E-state index contributed by atoms with van der Waals surface area (Å²) in [5.74, 6) is -0.275.